The highest BCUT2D eigenvalue weighted by Crippen LogP contribution is 2.32. The summed E-state index contributed by atoms with van der Waals surface area (Å²) < 4.78 is 18.0. The molecule has 7 nitrogen and oxygen atoms in total. The van der Waals surface area contributed by atoms with Gasteiger partial charge in [0.25, 0.3) is 0 Å². The fourth-order valence-electron chi connectivity index (χ4n) is 5.01. The average Bonchev–Trinajstić information content (AvgIpc) is 3.42. The molecule has 214 valence electrons. The molecule has 1 atom stereocenters. The molecule has 0 aliphatic carbocycles. The molecule has 2 saturated heterocycles. The number of ether oxygens (including phenoxy) is 3. The molecule has 0 radical (unpaired) electrons. The van der Waals surface area contributed by atoms with Crippen molar-refractivity contribution < 1.29 is 19.0 Å². The number of rotatable bonds is 6. The van der Waals surface area contributed by atoms with Gasteiger partial charge in [0.1, 0.15) is 6.29 Å². The molecule has 0 saturated carbocycles. The van der Waals surface area contributed by atoms with Crippen LogP contribution >= 0.6 is 0 Å². The van der Waals surface area contributed by atoms with Gasteiger partial charge in [-0.05, 0) is 63.1 Å². The second-order valence-electron chi connectivity index (χ2n) is 10.0. The highest BCUT2D eigenvalue weighted by molar-refractivity contribution is 5.82. The summed E-state index contributed by atoms with van der Waals surface area (Å²) in [6.45, 7) is 19.1. The van der Waals surface area contributed by atoms with Crippen LogP contribution in [0.15, 0.2) is 42.6 Å². The Morgan fingerprint density at radius 3 is 1.97 bits per heavy atom. The molecule has 39 heavy (non-hydrogen) atoms. The molecule has 1 aromatic carbocycles. The zero-order chi connectivity index (χ0) is 28.4. The van der Waals surface area contributed by atoms with Crippen molar-refractivity contribution in [2.24, 2.45) is 0 Å². The van der Waals surface area contributed by atoms with Crippen LogP contribution in [0.1, 0.15) is 62.3 Å². The average molecular weight is 538 g/mol. The maximum absolute atomic E-state index is 11.8. The normalized spacial score (nSPS) is 16.8. The highest BCUT2D eigenvalue weighted by Gasteiger charge is 2.24. The molecular weight excluding hydrogens is 490 g/mol. The third-order valence-electron chi connectivity index (χ3n) is 7.39. The third-order valence-corrected chi connectivity index (χ3v) is 7.39. The van der Waals surface area contributed by atoms with Gasteiger partial charge in [-0.3, -0.25) is 9.69 Å². The minimum atomic E-state index is 0.199. The maximum Gasteiger partial charge on any atom is 0.150 e. The van der Waals surface area contributed by atoms with Crippen molar-refractivity contribution in [3.63, 3.8) is 0 Å². The van der Waals surface area contributed by atoms with E-state index < -0.39 is 0 Å². The Kier molecular flexibility index (Phi) is 12.0. The minimum Gasteiger partial charge on any atom is -0.382 e. The van der Waals surface area contributed by atoms with Gasteiger partial charge in [0, 0.05) is 73.6 Å². The molecule has 2 aliphatic rings. The number of hydrogen-bond donors (Lipinski definition) is 0. The van der Waals surface area contributed by atoms with Gasteiger partial charge in [-0.15, -0.1) is 0 Å². The summed E-state index contributed by atoms with van der Waals surface area (Å²) in [5.74, 6) is 0. The zero-order valence-electron chi connectivity index (χ0n) is 24.9. The van der Waals surface area contributed by atoms with Crippen LogP contribution in [0, 0.1) is 6.92 Å². The van der Waals surface area contributed by atoms with Crippen molar-refractivity contribution in [1.82, 2.24) is 9.30 Å². The fourth-order valence-corrected chi connectivity index (χ4v) is 5.01. The number of aromatic nitrogens is 1. The molecule has 1 unspecified atom stereocenters. The van der Waals surface area contributed by atoms with Crippen LogP contribution in [0.2, 0.25) is 0 Å². The maximum atomic E-state index is 11.8. The SMILES string of the molecule is CC.COC(C)C.Cc1c(C=O)cc2cc(-c3ccc(N4CCOCC4)cc3)cn2c1C(C)N1CCOCC1. The van der Waals surface area contributed by atoms with Crippen LogP contribution in [-0.2, 0) is 14.2 Å². The molecule has 7 heteroatoms. The second kappa shape index (κ2) is 15.2. The van der Waals surface area contributed by atoms with Crippen LogP contribution < -0.4 is 4.90 Å². The van der Waals surface area contributed by atoms with E-state index in [1.54, 1.807) is 7.11 Å². The van der Waals surface area contributed by atoms with Gasteiger partial charge in [0.05, 0.1) is 32.5 Å². The number of fused-ring (bicyclic) bond motifs is 1. The van der Waals surface area contributed by atoms with Crippen molar-refractivity contribution in [3.05, 3.63) is 59.4 Å². The first-order chi connectivity index (χ1) is 18.9. The van der Waals surface area contributed by atoms with Gasteiger partial charge in [-0.1, -0.05) is 26.0 Å². The van der Waals surface area contributed by atoms with E-state index in [1.807, 2.05) is 33.8 Å². The van der Waals surface area contributed by atoms with Crippen molar-refractivity contribution >= 4 is 17.5 Å². The predicted molar refractivity (Wildman–Crippen MR) is 160 cm³/mol. The molecule has 2 fully saturated rings. The Morgan fingerprint density at radius 2 is 1.44 bits per heavy atom. The lowest BCUT2D eigenvalue weighted by Gasteiger charge is -2.33. The lowest BCUT2D eigenvalue weighted by Crippen LogP contribution is -2.38. The van der Waals surface area contributed by atoms with Crippen LogP contribution in [0.3, 0.4) is 0 Å². The molecule has 2 aromatic heterocycles. The molecule has 0 N–H and O–H groups in total. The van der Waals surface area contributed by atoms with Crippen molar-refractivity contribution in [1.29, 1.82) is 0 Å². The standard InChI is InChI=1S/C26H31N3O3.C4H10O.C2H6/c1-19-23(18-30)16-25-15-22(17-29(25)26(19)20(2)27-7-11-31-12-8-27)21-3-5-24(6-4-21)28-9-13-32-14-10-28;1-4(2)5-3;1-2/h3-6,15-18,20H,7-14H2,1-2H3;4H,1-3H3;1-2H3. The lowest BCUT2D eigenvalue weighted by atomic mass is 10.0. The number of carbonyl (C=O) groups is 1. The van der Waals surface area contributed by atoms with E-state index in [-0.39, 0.29) is 6.04 Å². The minimum absolute atomic E-state index is 0.199. The Hall–Kier alpha value is -2.71. The van der Waals surface area contributed by atoms with E-state index in [1.165, 1.54) is 16.9 Å². The summed E-state index contributed by atoms with van der Waals surface area (Å²) in [6, 6.07) is 13.2. The number of hydrogen-bond acceptors (Lipinski definition) is 6. The summed E-state index contributed by atoms with van der Waals surface area (Å²) in [5.41, 5.74) is 7.64. The first-order valence-electron chi connectivity index (χ1n) is 14.3. The second-order valence-corrected chi connectivity index (χ2v) is 10.0. The number of nitrogens with zero attached hydrogens (tertiary/aromatic N) is 3. The molecule has 5 rings (SSSR count). The number of anilines is 1. The number of benzene rings is 1. The van der Waals surface area contributed by atoms with E-state index in [0.717, 1.165) is 81.1 Å². The predicted octanol–water partition coefficient (Wildman–Crippen LogP) is 6.02. The topological polar surface area (TPSA) is 55.6 Å². The Bertz CT molecular complexity index is 1160. The smallest absolute Gasteiger partial charge is 0.150 e. The summed E-state index contributed by atoms with van der Waals surface area (Å²) in [4.78, 5) is 16.6. The summed E-state index contributed by atoms with van der Waals surface area (Å²) in [7, 11) is 1.70. The first-order valence-corrected chi connectivity index (χ1v) is 14.3. The quantitative estimate of drug-likeness (QED) is 0.358. The molecule has 3 aromatic rings. The van der Waals surface area contributed by atoms with E-state index in [9.17, 15) is 4.79 Å². The molecule has 0 amide bonds. The summed E-state index contributed by atoms with van der Waals surface area (Å²) in [6.07, 6.45) is 3.58. The molecule has 0 bridgehead atoms. The Morgan fingerprint density at radius 1 is 0.872 bits per heavy atom. The van der Waals surface area contributed by atoms with Gasteiger partial charge in [-0.25, -0.2) is 0 Å². The summed E-state index contributed by atoms with van der Waals surface area (Å²) >= 11 is 0. The van der Waals surface area contributed by atoms with Crippen LogP contribution in [0.25, 0.3) is 16.6 Å². The summed E-state index contributed by atoms with van der Waals surface area (Å²) in [5, 5.41) is 0. The molecule has 4 heterocycles. The number of carbonyl (C=O) groups excluding carboxylic acids is 1. The highest BCUT2D eigenvalue weighted by atomic mass is 16.5. The monoisotopic (exact) mass is 537 g/mol. The lowest BCUT2D eigenvalue weighted by molar-refractivity contribution is 0.0187. The third kappa shape index (κ3) is 7.70. The number of pyridine rings is 1. The van der Waals surface area contributed by atoms with Gasteiger partial charge in [0.15, 0.2) is 0 Å². The van der Waals surface area contributed by atoms with Gasteiger partial charge in [0.2, 0.25) is 0 Å². The Labute approximate surface area is 234 Å². The number of aldehydes is 1. The van der Waals surface area contributed by atoms with Crippen LogP contribution in [0.4, 0.5) is 5.69 Å². The van der Waals surface area contributed by atoms with Crippen LogP contribution in [-0.4, -0.2) is 81.4 Å². The number of methoxy groups -OCH3 is 1. The van der Waals surface area contributed by atoms with Crippen molar-refractivity contribution in [2.45, 2.75) is 53.7 Å². The van der Waals surface area contributed by atoms with Crippen molar-refractivity contribution in [2.75, 3.05) is 64.6 Å². The zero-order valence-corrected chi connectivity index (χ0v) is 24.9. The molecule has 0 spiro atoms. The van der Waals surface area contributed by atoms with Crippen molar-refractivity contribution in [3.8, 4) is 11.1 Å². The Balaban J connectivity index is 0.000000542. The van der Waals surface area contributed by atoms with Gasteiger partial charge in [-0.2, -0.15) is 0 Å². The van der Waals surface area contributed by atoms with E-state index >= 15 is 0 Å². The number of morpholine rings is 2. The van der Waals surface area contributed by atoms with Gasteiger partial charge >= 0.3 is 0 Å². The largest absolute Gasteiger partial charge is 0.382 e. The van der Waals surface area contributed by atoms with Crippen LogP contribution in [0.5, 0.6) is 0 Å². The van der Waals surface area contributed by atoms with E-state index in [0.29, 0.717) is 6.10 Å². The first kappa shape index (κ1) is 30.8. The van der Waals surface area contributed by atoms with Gasteiger partial charge < -0.3 is 23.5 Å². The van der Waals surface area contributed by atoms with E-state index in [2.05, 4.69) is 64.6 Å². The molecular formula is C32H47N3O4. The van der Waals surface area contributed by atoms with E-state index in [4.69, 9.17) is 14.2 Å². The molecule has 2 aliphatic heterocycles. The fraction of sp³-hybridized carbons (Fsp3) is 0.531.